The van der Waals surface area contributed by atoms with Gasteiger partial charge in [0.25, 0.3) is 0 Å². The average molecular weight is 225 g/mol. The van der Waals surface area contributed by atoms with Gasteiger partial charge in [-0.15, -0.1) is 0 Å². The lowest BCUT2D eigenvalue weighted by Gasteiger charge is -2.16. The van der Waals surface area contributed by atoms with Crippen LogP contribution in [-0.4, -0.2) is 18.2 Å². The summed E-state index contributed by atoms with van der Waals surface area (Å²) in [7, 11) is 0. The normalized spacial score (nSPS) is 21.1. The van der Waals surface area contributed by atoms with Crippen LogP contribution in [0.15, 0.2) is 24.3 Å². The molecule has 15 heavy (non-hydrogen) atoms. The van der Waals surface area contributed by atoms with Crippen molar-refractivity contribution in [2.45, 2.75) is 6.42 Å². The number of anilines is 1. The highest BCUT2D eigenvalue weighted by Crippen LogP contribution is 2.27. The molecule has 0 spiro atoms. The summed E-state index contributed by atoms with van der Waals surface area (Å²) in [6.45, 7) is 0.573. The molecule has 4 heteroatoms. The van der Waals surface area contributed by atoms with E-state index in [-0.39, 0.29) is 17.6 Å². The Bertz CT molecular complexity index is 383. The third-order valence-electron chi connectivity index (χ3n) is 2.61. The Morgan fingerprint density at radius 3 is 2.80 bits per heavy atom. The first-order valence-corrected chi connectivity index (χ1v) is 5.51. The smallest absolute Gasteiger partial charge is 0.227 e. The molecule has 0 bridgehead atoms. The SMILES string of the molecule is O=C1CC(CS)CN1c1ccccc1F. The number of nitrogens with zero attached hydrogens (tertiary/aromatic N) is 1. The van der Waals surface area contributed by atoms with Gasteiger partial charge >= 0.3 is 0 Å². The van der Waals surface area contributed by atoms with Crippen LogP contribution in [0.25, 0.3) is 0 Å². The molecule has 1 unspecified atom stereocenters. The van der Waals surface area contributed by atoms with Crippen LogP contribution in [0, 0.1) is 11.7 Å². The Kier molecular flexibility index (Phi) is 2.95. The van der Waals surface area contributed by atoms with Gasteiger partial charge < -0.3 is 4.90 Å². The zero-order valence-corrected chi connectivity index (χ0v) is 9.08. The molecule has 0 aromatic heterocycles. The van der Waals surface area contributed by atoms with Crippen LogP contribution in [-0.2, 0) is 4.79 Å². The van der Waals surface area contributed by atoms with Crippen LogP contribution < -0.4 is 4.90 Å². The lowest BCUT2D eigenvalue weighted by atomic mass is 10.1. The van der Waals surface area contributed by atoms with Crippen molar-refractivity contribution >= 4 is 24.2 Å². The van der Waals surface area contributed by atoms with Gasteiger partial charge in [-0.3, -0.25) is 4.79 Å². The summed E-state index contributed by atoms with van der Waals surface area (Å²) >= 11 is 4.16. The van der Waals surface area contributed by atoms with E-state index >= 15 is 0 Å². The fraction of sp³-hybridized carbons (Fsp3) is 0.364. The second kappa shape index (κ2) is 4.23. The van der Waals surface area contributed by atoms with Gasteiger partial charge in [0, 0.05) is 13.0 Å². The zero-order valence-electron chi connectivity index (χ0n) is 8.19. The molecule has 80 valence electrons. The molecule has 1 heterocycles. The second-order valence-corrected chi connectivity index (χ2v) is 4.07. The van der Waals surface area contributed by atoms with Crippen LogP contribution >= 0.6 is 12.6 Å². The lowest BCUT2D eigenvalue weighted by Crippen LogP contribution is -2.25. The van der Waals surface area contributed by atoms with Gasteiger partial charge in [0.1, 0.15) is 5.82 Å². The van der Waals surface area contributed by atoms with Gasteiger partial charge in [-0.25, -0.2) is 4.39 Å². The number of rotatable bonds is 2. The molecule has 1 saturated heterocycles. The zero-order chi connectivity index (χ0) is 10.8. The van der Waals surface area contributed by atoms with E-state index in [0.29, 0.717) is 24.4 Å². The van der Waals surface area contributed by atoms with Crippen molar-refractivity contribution in [3.05, 3.63) is 30.1 Å². The molecule has 1 aliphatic rings. The van der Waals surface area contributed by atoms with Gasteiger partial charge in [-0.05, 0) is 23.8 Å². The first-order valence-electron chi connectivity index (χ1n) is 4.88. The summed E-state index contributed by atoms with van der Waals surface area (Å²) in [5, 5.41) is 0. The monoisotopic (exact) mass is 225 g/mol. The maximum Gasteiger partial charge on any atom is 0.227 e. The molecule has 0 radical (unpaired) electrons. The summed E-state index contributed by atoms with van der Waals surface area (Å²) in [5.74, 6) is 0.543. The maximum absolute atomic E-state index is 13.4. The van der Waals surface area contributed by atoms with Crippen molar-refractivity contribution in [1.29, 1.82) is 0 Å². The van der Waals surface area contributed by atoms with Crippen molar-refractivity contribution in [2.75, 3.05) is 17.2 Å². The number of carbonyl (C=O) groups is 1. The fourth-order valence-corrected chi connectivity index (χ4v) is 2.05. The van der Waals surface area contributed by atoms with E-state index in [0.717, 1.165) is 0 Å². The van der Waals surface area contributed by atoms with Crippen LogP contribution in [0.2, 0.25) is 0 Å². The molecule has 1 aliphatic heterocycles. The van der Waals surface area contributed by atoms with Crippen LogP contribution in [0.1, 0.15) is 6.42 Å². The molecule has 2 rings (SSSR count). The third kappa shape index (κ3) is 2.00. The van der Waals surface area contributed by atoms with Gasteiger partial charge in [0.2, 0.25) is 5.91 Å². The summed E-state index contributed by atoms with van der Waals surface area (Å²) < 4.78 is 13.4. The molecule has 2 nitrogen and oxygen atoms in total. The Morgan fingerprint density at radius 2 is 2.20 bits per heavy atom. The second-order valence-electron chi connectivity index (χ2n) is 3.71. The number of halogens is 1. The molecule has 1 amide bonds. The summed E-state index contributed by atoms with van der Waals surface area (Å²) in [6, 6.07) is 6.36. The molecule has 0 N–H and O–H groups in total. The summed E-state index contributed by atoms with van der Waals surface area (Å²) in [6.07, 6.45) is 0.470. The highest BCUT2D eigenvalue weighted by Gasteiger charge is 2.30. The number of hydrogen-bond acceptors (Lipinski definition) is 2. The molecular weight excluding hydrogens is 213 g/mol. The van der Waals surface area contributed by atoms with E-state index in [9.17, 15) is 9.18 Å². The predicted octanol–water partition coefficient (Wildman–Crippen LogP) is 2.11. The van der Waals surface area contributed by atoms with Gasteiger partial charge in [-0.2, -0.15) is 12.6 Å². The fourth-order valence-electron chi connectivity index (χ4n) is 1.81. The first-order chi connectivity index (χ1) is 7.22. The van der Waals surface area contributed by atoms with Gasteiger partial charge in [0.05, 0.1) is 5.69 Å². The molecule has 0 saturated carbocycles. The number of para-hydroxylation sites is 1. The minimum absolute atomic E-state index is 0.0147. The average Bonchev–Trinajstić information content (AvgIpc) is 2.60. The van der Waals surface area contributed by atoms with E-state index in [4.69, 9.17) is 0 Å². The largest absolute Gasteiger partial charge is 0.309 e. The van der Waals surface area contributed by atoms with Gasteiger partial charge in [0.15, 0.2) is 0 Å². The molecule has 1 atom stereocenters. The van der Waals surface area contributed by atoms with Crippen molar-refractivity contribution in [3.63, 3.8) is 0 Å². The molecular formula is C11H12FNOS. The van der Waals surface area contributed by atoms with Crippen molar-refractivity contribution in [3.8, 4) is 0 Å². The van der Waals surface area contributed by atoms with E-state index in [1.807, 2.05) is 0 Å². The quantitative estimate of drug-likeness (QED) is 0.764. The van der Waals surface area contributed by atoms with E-state index in [2.05, 4.69) is 12.6 Å². The number of thiol groups is 1. The summed E-state index contributed by atoms with van der Waals surface area (Å²) in [5.41, 5.74) is 0.381. The maximum atomic E-state index is 13.4. The Labute approximate surface area is 93.5 Å². The molecule has 1 aromatic carbocycles. The topological polar surface area (TPSA) is 20.3 Å². The van der Waals surface area contributed by atoms with Gasteiger partial charge in [-0.1, -0.05) is 12.1 Å². The van der Waals surface area contributed by atoms with E-state index < -0.39 is 0 Å². The van der Waals surface area contributed by atoms with Crippen molar-refractivity contribution in [2.24, 2.45) is 5.92 Å². The molecule has 1 fully saturated rings. The highest BCUT2D eigenvalue weighted by atomic mass is 32.1. The third-order valence-corrected chi connectivity index (χ3v) is 3.12. The van der Waals surface area contributed by atoms with Crippen LogP contribution in [0.5, 0.6) is 0 Å². The van der Waals surface area contributed by atoms with E-state index in [1.54, 1.807) is 18.2 Å². The first kappa shape index (κ1) is 10.5. The predicted molar refractivity (Wildman–Crippen MR) is 60.7 cm³/mol. The van der Waals surface area contributed by atoms with Crippen molar-refractivity contribution < 1.29 is 9.18 Å². The molecule has 1 aromatic rings. The molecule has 0 aliphatic carbocycles. The minimum Gasteiger partial charge on any atom is -0.309 e. The number of benzene rings is 1. The highest BCUT2D eigenvalue weighted by molar-refractivity contribution is 7.80. The Morgan fingerprint density at radius 1 is 1.47 bits per heavy atom. The number of carbonyl (C=O) groups excluding carboxylic acids is 1. The number of hydrogen-bond donors (Lipinski definition) is 1. The van der Waals surface area contributed by atoms with Crippen LogP contribution in [0.3, 0.4) is 0 Å². The Hall–Kier alpha value is -1.03. The van der Waals surface area contributed by atoms with Crippen LogP contribution in [0.4, 0.5) is 10.1 Å². The lowest BCUT2D eigenvalue weighted by molar-refractivity contribution is -0.117. The minimum atomic E-state index is -0.342. The Balaban J connectivity index is 2.25. The standard InChI is InChI=1S/C11H12FNOS/c12-9-3-1-2-4-10(9)13-6-8(7-15)5-11(13)14/h1-4,8,15H,5-7H2. The van der Waals surface area contributed by atoms with Crippen molar-refractivity contribution in [1.82, 2.24) is 0 Å². The van der Waals surface area contributed by atoms with E-state index in [1.165, 1.54) is 11.0 Å². The number of amides is 1. The summed E-state index contributed by atoms with van der Waals surface area (Å²) in [4.78, 5) is 13.1.